The lowest BCUT2D eigenvalue weighted by Gasteiger charge is -2.56. The van der Waals surface area contributed by atoms with Crippen molar-refractivity contribution in [2.24, 2.45) is 10.8 Å². The van der Waals surface area contributed by atoms with Crippen LogP contribution in [0.2, 0.25) is 0 Å². The lowest BCUT2D eigenvalue weighted by Crippen LogP contribution is -2.56. The second-order valence-corrected chi connectivity index (χ2v) is 11.5. The van der Waals surface area contributed by atoms with Crippen molar-refractivity contribution in [2.75, 3.05) is 7.11 Å². The Labute approximate surface area is 242 Å². The minimum atomic E-state index is -0.293. The number of hydrogen-bond acceptors (Lipinski definition) is 3. The van der Waals surface area contributed by atoms with Gasteiger partial charge in [-0.2, -0.15) is 0 Å². The first-order valence-electron chi connectivity index (χ1n) is 15.2. The molecule has 2 aliphatic carbocycles. The number of fused-ring (bicyclic) bond motifs is 4. The molecule has 0 aromatic heterocycles. The number of rotatable bonds is 2. The van der Waals surface area contributed by atoms with Gasteiger partial charge in [-0.25, -0.2) is 0 Å². The molecule has 0 saturated heterocycles. The van der Waals surface area contributed by atoms with Gasteiger partial charge >= 0.3 is 5.97 Å². The van der Waals surface area contributed by atoms with E-state index in [1.165, 1.54) is 29.2 Å². The Morgan fingerprint density at radius 1 is 0.564 bits per heavy atom. The van der Waals surface area contributed by atoms with Crippen LogP contribution in [0.25, 0.3) is 0 Å². The number of benzene rings is 2. The third-order valence-corrected chi connectivity index (χ3v) is 9.63. The van der Waals surface area contributed by atoms with E-state index < -0.39 is 0 Å². The van der Waals surface area contributed by atoms with E-state index in [4.69, 9.17) is 9.47 Å². The first-order chi connectivity index (χ1) is 18.2. The Morgan fingerprint density at radius 3 is 1.23 bits per heavy atom. The molecule has 0 N–H and O–H groups in total. The summed E-state index contributed by atoms with van der Waals surface area (Å²) in [5, 5.41) is 0. The average molecular weight is 541 g/mol. The van der Waals surface area contributed by atoms with Gasteiger partial charge in [-0.15, -0.1) is 0 Å². The third-order valence-electron chi connectivity index (χ3n) is 9.63. The molecule has 2 aliphatic rings. The fourth-order valence-electron chi connectivity index (χ4n) is 7.00. The summed E-state index contributed by atoms with van der Waals surface area (Å²) in [5.41, 5.74) is 4.62. The van der Waals surface area contributed by atoms with Crippen molar-refractivity contribution >= 4 is 5.97 Å². The highest BCUT2D eigenvalue weighted by Crippen LogP contribution is 2.77. The maximum atomic E-state index is 11.8. The van der Waals surface area contributed by atoms with Gasteiger partial charge in [-0.05, 0) is 68.2 Å². The molecule has 3 heteroatoms. The van der Waals surface area contributed by atoms with Gasteiger partial charge in [0.2, 0.25) is 0 Å². The van der Waals surface area contributed by atoms with Gasteiger partial charge in [0.25, 0.3) is 0 Å². The van der Waals surface area contributed by atoms with Gasteiger partial charge in [0, 0.05) is 12.3 Å². The van der Waals surface area contributed by atoms with Crippen LogP contribution < -0.4 is 9.47 Å². The molecule has 1 spiro atoms. The van der Waals surface area contributed by atoms with Gasteiger partial charge < -0.3 is 9.47 Å². The minimum Gasteiger partial charge on any atom is -0.497 e. The summed E-state index contributed by atoms with van der Waals surface area (Å²) in [6.45, 7) is 36.5. The van der Waals surface area contributed by atoms with E-state index in [0.717, 1.165) is 5.75 Å². The normalized spacial score (nSPS) is 21.1. The van der Waals surface area contributed by atoms with E-state index in [0.29, 0.717) is 5.75 Å². The molecule has 0 amide bonds. The van der Waals surface area contributed by atoms with Gasteiger partial charge in [-0.3, -0.25) is 4.79 Å². The number of methoxy groups -OCH3 is 1. The Bertz CT molecular complexity index is 1080. The SMILES string of the molecule is CC.CC.CC.CC.COc1ccc2c(c1)C1(c3cc(OC(C)=O)ccc3C(C)(C)C1(C)C)C(C)(C)C2(C)C. The molecule has 0 fully saturated rings. The highest BCUT2D eigenvalue weighted by molar-refractivity contribution is 5.71. The summed E-state index contributed by atoms with van der Waals surface area (Å²) in [6.07, 6.45) is 0. The smallest absolute Gasteiger partial charge is 0.308 e. The van der Waals surface area contributed by atoms with Crippen LogP contribution in [0.3, 0.4) is 0 Å². The van der Waals surface area contributed by atoms with Crippen LogP contribution in [0.1, 0.15) is 140 Å². The topological polar surface area (TPSA) is 35.5 Å². The van der Waals surface area contributed by atoms with E-state index in [9.17, 15) is 4.79 Å². The number of ether oxygens (including phenoxy) is 2. The highest BCUT2D eigenvalue weighted by atomic mass is 16.5. The summed E-state index contributed by atoms with van der Waals surface area (Å²) in [7, 11) is 1.73. The van der Waals surface area contributed by atoms with Gasteiger partial charge in [0.05, 0.1) is 7.11 Å². The molecule has 0 bridgehead atoms. The largest absolute Gasteiger partial charge is 0.497 e. The zero-order valence-corrected chi connectivity index (χ0v) is 28.7. The van der Waals surface area contributed by atoms with E-state index in [2.05, 4.69) is 85.7 Å². The first-order valence-corrected chi connectivity index (χ1v) is 15.2. The van der Waals surface area contributed by atoms with Gasteiger partial charge in [0.1, 0.15) is 11.5 Å². The third kappa shape index (κ3) is 5.04. The monoisotopic (exact) mass is 540 g/mol. The standard InChI is InChI=1S/C28H36O3.4C2H6/c1-17(29)31-19-12-14-21-23(16-19)28(27(8,9)25(21,4)5)22-15-18(30-10)11-13-20(22)24(2,3)26(28,6)7;4*1-2/h11-16H,1-10H3;4*1-2H3. The van der Waals surface area contributed by atoms with Crippen LogP contribution in [0.4, 0.5) is 0 Å². The molecule has 39 heavy (non-hydrogen) atoms. The number of carbonyl (C=O) groups excluding carboxylic acids is 1. The Hall–Kier alpha value is -2.29. The first kappa shape index (κ1) is 36.7. The lowest BCUT2D eigenvalue weighted by atomic mass is 9.46. The van der Waals surface area contributed by atoms with Crippen molar-refractivity contribution in [1.82, 2.24) is 0 Å². The summed E-state index contributed by atoms with van der Waals surface area (Å²) in [6, 6.07) is 12.8. The molecule has 0 heterocycles. The molecule has 1 atom stereocenters. The quantitative estimate of drug-likeness (QED) is 0.281. The maximum Gasteiger partial charge on any atom is 0.308 e. The molecule has 222 valence electrons. The van der Waals surface area contributed by atoms with Crippen molar-refractivity contribution in [2.45, 2.75) is 134 Å². The maximum absolute atomic E-state index is 11.8. The van der Waals surface area contributed by atoms with Crippen LogP contribution in [0, 0.1) is 10.8 Å². The predicted molar refractivity (Wildman–Crippen MR) is 171 cm³/mol. The molecular formula is C36H60O3. The summed E-state index contributed by atoms with van der Waals surface area (Å²) in [4.78, 5) is 11.8. The summed E-state index contributed by atoms with van der Waals surface area (Å²) >= 11 is 0. The highest BCUT2D eigenvalue weighted by Gasteiger charge is 2.74. The zero-order chi connectivity index (χ0) is 31.2. The van der Waals surface area contributed by atoms with Crippen LogP contribution in [-0.2, 0) is 21.0 Å². The van der Waals surface area contributed by atoms with E-state index in [1.54, 1.807) is 7.11 Å². The predicted octanol–water partition coefficient (Wildman–Crippen LogP) is 10.6. The molecule has 0 radical (unpaired) electrons. The Morgan fingerprint density at radius 2 is 0.897 bits per heavy atom. The van der Waals surface area contributed by atoms with E-state index in [1.807, 2.05) is 61.5 Å². The zero-order valence-electron chi connectivity index (χ0n) is 28.7. The van der Waals surface area contributed by atoms with Gasteiger partial charge in [-0.1, -0.05) is 123 Å². The van der Waals surface area contributed by atoms with Crippen molar-refractivity contribution in [3.8, 4) is 11.5 Å². The number of carbonyl (C=O) groups is 1. The second-order valence-electron chi connectivity index (χ2n) is 11.5. The molecular weight excluding hydrogens is 480 g/mol. The Balaban J connectivity index is 0.00000166. The fourth-order valence-corrected chi connectivity index (χ4v) is 7.00. The number of hydrogen-bond donors (Lipinski definition) is 0. The second kappa shape index (κ2) is 13.4. The van der Waals surface area contributed by atoms with Crippen LogP contribution >= 0.6 is 0 Å². The molecule has 2 aromatic carbocycles. The molecule has 4 rings (SSSR count). The lowest BCUT2D eigenvalue weighted by molar-refractivity contribution is -0.131. The van der Waals surface area contributed by atoms with Crippen molar-refractivity contribution in [1.29, 1.82) is 0 Å². The average Bonchev–Trinajstić information content (AvgIpc) is 3.15. The van der Waals surface area contributed by atoms with Crippen molar-refractivity contribution in [3.63, 3.8) is 0 Å². The van der Waals surface area contributed by atoms with Crippen LogP contribution in [0.15, 0.2) is 36.4 Å². The molecule has 0 aliphatic heterocycles. The molecule has 3 nitrogen and oxygen atoms in total. The van der Waals surface area contributed by atoms with Crippen LogP contribution in [-0.4, -0.2) is 13.1 Å². The molecule has 1 unspecified atom stereocenters. The van der Waals surface area contributed by atoms with E-state index >= 15 is 0 Å². The van der Waals surface area contributed by atoms with Gasteiger partial charge in [0.15, 0.2) is 0 Å². The molecule has 0 saturated carbocycles. The van der Waals surface area contributed by atoms with Crippen molar-refractivity contribution in [3.05, 3.63) is 58.7 Å². The summed E-state index contributed by atoms with van der Waals surface area (Å²) < 4.78 is 11.3. The van der Waals surface area contributed by atoms with E-state index in [-0.39, 0.29) is 33.0 Å². The summed E-state index contributed by atoms with van der Waals surface area (Å²) in [5.74, 6) is 1.20. The van der Waals surface area contributed by atoms with Crippen LogP contribution in [0.5, 0.6) is 11.5 Å². The number of esters is 1. The van der Waals surface area contributed by atoms with Crippen molar-refractivity contribution < 1.29 is 14.3 Å². The molecule has 2 aromatic rings. The minimum absolute atomic E-state index is 0.0684. The fraction of sp³-hybridized carbons (Fsp3) is 0.639. The Kier molecular flexibility index (Phi) is 12.6.